The molecule has 1 N–H and O–H groups in total. The van der Waals surface area contributed by atoms with Crippen LogP contribution < -0.4 is 10.2 Å². The van der Waals surface area contributed by atoms with Crippen molar-refractivity contribution in [3.8, 4) is 0 Å². The van der Waals surface area contributed by atoms with Crippen molar-refractivity contribution in [2.75, 3.05) is 24.6 Å². The normalized spacial score (nSPS) is 20.2. The molecule has 1 aromatic heterocycles. The molecule has 1 unspecified atom stereocenters. The van der Waals surface area contributed by atoms with Gasteiger partial charge in [-0.05, 0) is 41.7 Å². The van der Waals surface area contributed by atoms with Crippen molar-refractivity contribution in [1.29, 1.82) is 0 Å². The first-order valence-electron chi connectivity index (χ1n) is 10.5. The van der Waals surface area contributed by atoms with Gasteiger partial charge in [-0.2, -0.15) is 0 Å². The first kappa shape index (κ1) is 18.8. The molecule has 1 saturated heterocycles. The Morgan fingerprint density at radius 2 is 1.93 bits per heavy atom. The van der Waals surface area contributed by atoms with Gasteiger partial charge in [0.2, 0.25) is 0 Å². The van der Waals surface area contributed by atoms with E-state index in [0.717, 1.165) is 37.2 Å². The minimum atomic E-state index is -0.256. The Kier molecular flexibility index (Phi) is 4.97. The Balaban J connectivity index is 1.32. The molecule has 1 fully saturated rings. The number of amides is 1. The summed E-state index contributed by atoms with van der Waals surface area (Å²) in [6, 6.07) is 22.4. The summed E-state index contributed by atoms with van der Waals surface area (Å²) < 4.78 is 6.33. The second kappa shape index (κ2) is 7.92. The summed E-state index contributed by atoms with van der Waals surface area (Å²) in [5.41, 5.74) is 4.96. The lowest BCUT2D eigenvalue weighted by molar-refractivity contribution is -0.0592. The van der Waals surface area contributed by atoms with Gasteiger partial charge in [0.05, 0.1) is 13.2 Å². The fraction of sp³-hybridized carbons (Fsp3) is 0.280. The van der Waals surface area contributed by atoms with E-state index in [4.69, 9.17) is 4.74 Å². The maximum atomic E-state index is 12.6. The number of carbonyl (C=O) groups is 1. The van der Waals surface area contributed by atoms with Crippen LogP contribution >= 0.6 is 0 Å². The van der Waals surface area contributed by atoms with Gasteiger partial charge in [-0.15, -0.1) is 0 Å². The van der Waals surface area contributed by atoms with Crippen molar-refractivity contribution in [2.24, 2.45) is 0 Å². The second-order valence-corrected chi connectivity index (χ2v) is 7.99. The van der Waals surface area contributed by atoms with E-state index in [1.54, 1.807) is 6.20 Å². The van der Waals surface area contributed by atoms with Crippen LogP contribution in [-0.2, 0) is 23.3 Å². The number of benzene rings is 2. The van der Waals surface area contributed by atoms with Gasteiger partial charge in [-0.1, -0.05) is 54.6 Å². The predicted molar refractivity (Wildman–Crippen MR) is 116 cm³/mol. The van der Waals surface area contributed by atoms with Crippen LogP contribution in [0.1, 0.15) is 33.6 Å². The van der Waals surface area contributed by atoms with Crippen molar-refractivity contribution in [3.05, 3.63) is 95.3 Å². The Bertz CT molecular complexity index is 1050. The van der Waals surface area contributed by atoms with Crippen LogP contribution in [0.5, 0.6) is 0 Å². The third kappa shape index (κ3) is 3.57. The number of pyridine rings is 1. The summed E-state index contributed by atoms with van der Waals surface area (Å²) in [5, 5.41) is 2.96. The maximum Gasteiger partial charge on any atom is 0.270 e. The standard InChI is InChI=1S/C25H25N3O2/c29-24(27-17-19-6-2-1-3-7-19)23-16-21(11-13-26-23)28-14-15-30-25(18-28)12-10-20-8-4-5-9-22(20)25/h1-9,11,13,16H,10,12,14-15,17-18H2,(H,27,29). The van der Waals surface area contributed by atoms with Gasteiger partial charge >= 0.3 is 0 Å². The van der Waals surface area contributed by atoms with E-state index in [1.807, 2.05) is 42.5 Å². The van der Waals surface area contributed by atoms with Crippen LogP contribution in [0.15, 0.2) is 72.9 Å². The van der Waals surface area contributed by atoms with Gasteiger partial charge in [-0.3, -0.25) is 9.78 Å². The number of rotatable bonds is 4. The van der Waals surface area contributed by atoms with Crippen LogP contribution in [-0.4, -0.2) is 30.6 Å². The SMILES string of the molecule is O=C(NCc1ccccc1)c1cc(N2CCOC3(CCc4ccccc43)C2)ccn1. The number of morpholine rings is 1. The van der Waals surface area contributed by atoms with Crippen molar-refractivity contribution >= 4 is 11.6 Å². The van der Waals surface area contributed by atoms with E-state index in [9.17, 15) is 4.79 Å². The van der Waals surface area contributed by atoms with Crippen molar-refractivity contribution in [3.63, 3.8) is 0 Å². The number of nitrogens with zero attached hydrogens (tertiary/aromatic N) is 2. The molecule has 5 rings (SSSR count). The number of carbonyl (C=O) groups excluding carboxylic acids is 1. The Morgan fingerprint density at radius 1 is 1.10 bits per heavy atom. The van der Waals surface area contributed by atoms with Crippen LogP contribution in [0.2, 0.25) is 0 Å². The molecule has 5 nitrogen and oxygen atoms in total. The molecule has 1 aliphatic carbocycles. The zero-order valence-corrected chi connectivity index (χ0v) is 16.9. The molecule has 152 valence electrons. The highest BCUT2D eigenvalue weighted by Crippen LogP contribution is 2.42. The first-order valence-corrected chi connectivity index (χ1v) is 10.5. The average molecular weight is 399 g/mol. The molecule has 5 heteroatoms. The smallest absolute Gasteiger partial charge is 0.270 e. The van der Waals surface area contributed by atoms with E-state index in [2.05, 4.69) is 39.5 Å². The molecule has 1 aliphatic heterocycles. The lowest BCUT2D eigenvalue weighted by Crippen LogP contribution is -2.49. The highest BCUT2D eigenvalue weighted by molar-refractivity contribution is 5.93. The molecule has 0 saturated carbocycles. The average Bonchev–Trinajstić information content (AvgIpc) is 3.16. The number of aryl methyl sites for hydroxylation is 1. The Hall–Kier alpha value is -3.18. The molecule has 1 spiro atoms. The van der Waals surface area contributed by atoms with Gasteiger partial charge in [0.1, 0.15) is 11.3 Å². The van der Waals surface area contributed by atoms with Crippen molar-refractivity contribution in [1.82, 2.24) is 10.3 Å². The monoisotopic (exact) mass is 399 g/mol. The molecule has 2 heterocycles. The van der Waals surface area contributed by atoms with E-state index >= 15 is 0 Å². The van der Waals surface area contributed by atoms with E-state index in [1.165, 1.54) is 11.1 Å². The lowest BCUT2D eigenvalue weighted by atomic mass is 9.93. The van der Waals surface area contributed by atoms with Gasteiger partial charge in [-0.25, -0.2) is 0 Å². The maximum absolute atomic E-state index is 12.6. The number of hydrogen-bond acceptors (Lipinski definition) is 4. The highest BCUT2D eigenvalue weighted by Gasteiger charge is 2.43. The molecule has 3 aromatic rings. The van der Waals surface area contributed by atoms with Gasteiger partial charge in [0.15, 0.2) is 0 Å². The lowest BCUT2D eigenvalue weighted by Gasteiger charge is -2.42. The molecular formula is C25H25N3O2. The first-order chi connectivity index (χ1) is 14.7. The molecule has 0 bridgehead atoms. The summed E-state index contributed by atoms with van der Waals surface area (Å²) >= 11 is 0. The minimum Gasteiger partial charge on any atom is -0.367 e. The third-order valence-electron chi connectivity index (χ3n) is 6.13. The predicted octanol–water partition coefficient (Wildman–Crippen LogP) is 3.69. The number of aromatic nitrogens is 1. The highest BCUT2D eigenvalue weighted by atomic mass is 16.5. The molecular weight excluding hydrogens is 374 g/mol. The zero-order valence-electron chi connectivity index (χ0n) is 16.9. The van der Waals surface area contributed by atoms with Crippen LogP contribution in [0, 0.1) is 0 Å². The molecule has 30 heavy (non-hydrogen) atoms. The van der Waals surface area contributed by atoms with Crippen molar-refractivity contribution < 1.29 is 9.53 Å². The quantitative estimate of drug-likeness (QED) is 0.727. The number of fused-ring (bicyclic) bond motifs is 2. The third-order valence-corrected chi connectivity index (χ3v) is 6.13. The van der Waals surface area contributed by atoms with Crippen LogP contribution in [0.25, 0.3) is 0 Å². The largest absolute Gasteiger partial charge is 0.367 e. The Morgan fingerprint density at radius 3 is 2.83 bits per heavy atom. The number of nitrogens with one attached hydrogen (secondary N) is 1. The van der Waals surface area contributed by atoms with Gasteiger partial charge in [0, 0.05) is 25.0 Å². The van der Waals surface area contributed by atoms with Gasteiger partial charge in [0.25, 0.3) is 5.91 Å². The fourth-order valence-corrected chi connectivity index (χ4v) is 4.58. The summed E-state index contributed by atoms with van der Waals surface area (Å²) in [6.45, 7) is 2.76. The summed E-state index contributed by atoms with van der Waals surface area (Å²) in [4.78, 5) is 19.3. The number of hydrogen-bond donors (Lipinski definition) is 1. The zero-order chi connectivity index (χ0) is 20.4. The molecule has 0 radical (unpaired) electrons. The molecule has 1 amide bonds. The topological polar surface area (TPSA) is 54.5 Å². The van der Waals surface area contributed by atoms with Crippen LogP contribution in [0.3, 0.4) is 0 Å². The van der Waals surface area contributed by atoms with Gasteiger partial charge < -0.3 is 15.0 Å². The second-order valence-electron chi connectivity index (χ2n) is 7.99. The fourth-order valence-electron chi connectivity index (χ4n) is 4.58. The molecule has 1 atom stereocenters. The number of anilines is 1. The summed E-state index contributed by atoms with van der Waals surface area (Å²) in [5.74, 6) is -0.158. The Labute approximate surface area is 176 Å². The van der Waals surface area contributed by atoms with E-state index in [0.29, 0.717) is 18.8 Å². The van der Waals surface area contributed by atoms with Crippen molar-refractivity contribution in [2.45, 2.75) is 25.0 Å². The summed E-state index contributed by atoms with van der Waals surface area (Å²) in [6.07, 6.45) is 3.77. The summed E-state index contributed by atoms with van der Waals surface area (Å²) in [7, 11) is 0. The molecule has 2 aliphatic rings. The van der Waals surface area contributed by atoms with E-state index in [-0.39, 0.29) is 11.5 Å². The van der Waals surface area contributed by atoms with E-state index < -0.39 is 0 Å². The minimum absolute atomic E-state index is 0.158. The van der Waals surface area contributed by atoms with Crippen LogP contribution in [0.4, 0.5) is 5.69 Å². The number of ether oxygens (including phenoxy) is 1. The molecule has 2 aromatic carbocycles.